The van der Waals surface area contributed by atoms with Crippen LogP contribution < -0.4 is 14.4 Å². The molecule has 0 fully saturated rings. The van der Waals surface area contributed by atoms with Crippen molar-refractivity contribution in [3.05, 3.63) is 90.5 Å². The van der Waals surface area contributed by atoms with Crippen LogP contribution in [0.3, 0.4) is 0 Å². The maximum absolute atomic E-state index is 14.0. The van der Waals surface area contributed by atoms with E-state index in [0.717, 1.165) is 16.3 Å². The Labute approximate surface area is 225 Å². The minimum absolute atomic E-state index is 0.0426. The summed E-state index contributed by atoms with van der Waals surface area (Å²) in [6.07, 6.45) is 1.12. The van der Waals surface area contributed by atoms with Gasteiger partial charge in [-0.2, -0.15) is 0 Å². The summed E-state index contributed by atoms with van der Waals surface area (Å²) in [4.78, 5) is 28.6. The number of hydrogen-bond acceptors (Lipinski definition) is 5. The van der Waals surface area contributed by atoms with Gasteiger partial charge in [-0.05, 0) is 42.7 Å². The van der Waals surface area contributed by atoms with Crippen LogP contribution in [0.1, 0.15) is 32.3 Å². The summed E-state index contributed by atoms with van der Waals surface area (Å²) in [5, 5.41) is 2.88. The number of nitrogens with one attached hydrogen (secondary N) is 1. The molecule has 1 unspecified atom stereocenters. The van der Waals surface area contributed by atoms with Gasteiger partial charge in [0.05, 0.1) is 17.7 Å². The van der Waals surface area contributed by atoms with Crippen molar-refractivity contribution in [1.82, 2.24) is 10.2 Å². The number of amides is 2. The molecule has 9 heteroatoms. The van der Waals surface area contributed by atoms with Gasteiger partial charge in [-0.25, -0.2) is 8.42 Å². The molecule has 8 nitrogen and oxygen atoms in total. The Morgan fingerprint density at radius 2 is 1.50 bits per heavy atom. The molecule has 38 heavy (non-hydrogen) atoms. The molecular weight excluding hydrogens is 502 g/mol. The number of nitrogens with zero attached hydrogens (tertiary/aromatic N) is 2. The molecule has 0 saturated carbocycles. The minimum atomic E-state index is -4.15. The van der Waals surface area contributed by atoms with Gasteiger partial charge in [-0.1, -0.05) is 74.5 Å². The van der Waals surface area contributed by atoms with Crippen LogP contribution in [0.25, 0.3) is 0 Å². The van der Waals surface area contributed by atoms with Gasteiger partial charge in [0.1, 0.15) is 18.3 Å². The van der Waals surface area contributed by atoms with Gasteiger partial charge in [-0.3, -0.25) is 13.9 Å². The van der Waals surface area contributed by atoms with E-state index in [1.807, 2.05) is 44.2 Å². The lowest BCUT2D eigenvalue weighted by molar-refractivity contribution is -0.140. The van der Waals surface area contributed by atoms with E-state index in [1.165, 1.54) is 24.1 Å². The third kappa shape index (κ3) is 6.92. The monoisotopic (exact) mass is 537 g/mol. The van der Waals surface area contributed by atoms with Gasteiger partial charge >= 0.3 is 0 Å². The molecule has 202 valence electrons. The Morgan fingerprint density at radius 1 is 0.895 bits per heavy atom. The van der Waals surface area contributed by atoms with Gasteiger partial charge < -0.3 is 15.0 Å². The number of carbonyl (C=O) groups is 2. The van der Waals surface area contributed by atoms with Crippen LogP contribution in [-0.4, -0.2) is 51.4 Å². The number of hydrogen-bond donors (Lipinski definition) is 1. The number of rotatable bonds is 13. The molecule has 1 atom stereocenters. The van der Waals surface area contributed by atoms with Gasteiger partial charge in [-0.15, -0.1) is 0 Å². The Morgan fingerprint density at radius 3 is 2.11 bits per heavy atom. The van der Waals surface area contributed by atoms with Crippen molar-refractivity contribution in [2.75, 3.05) is 24.5 Å². The highest BCUT2D eigenvalue weighted by Gasteiger charge is 2.34. The predicted octanol–water partition coefficient (Wildman–Crippen LogP) is 4.22. The van der Waals surface area contributed by atoms with Crippen LogP contribution in [0.5, 0.6) is 5.75 Å². The lowest BCUT2D eigenvalue weighted by atomic mass is 10.1. The highest BCUT2D eigenvalue weighted by Crippen LogP contribution is 2.32. The van der Waals surface area contributed by atoms with Crippen molar-refractivity contribution in [3.8, 4) is 5.75 Å². The lowest BCUT2D eigenvalue weighted by Gasteiger charge is -2.33. The molecule has 0 bridgehead atoms. The summed E-state index contributed by atoms with van der Waals surface area (Å²) in [5.74, 6) is -0.465. The van der Waals surface area contributed by atoms with Crippen LogP contribution in [-0.2, 0) is 26.2 Å². The van der Waals surface area contributed by atoms with Crippen molar-refractivity contribution < 1.29 is 22.7 Å². The van der Waals surface area contributed by atoms with E-state index < -0.39 is 28.5 Å². The van der Waals surface area contributed by atoms with Crippen molar-refractivity contribution in [2.24, 2.45) is 0 Å². The van der Waals surface area contributed by atoms with E-state index >= 15 is 0 Å². The predicted molar refractivity (Wildman–Crippen MR) is 148 cm³/mol. The quantitative estimate of drug-likeness (QED) is 0.352. The van der Waals surface area contributed by atoms with Crippen molar-refractivity contribution in [3.63, 3.8) is 0 Å². The van der Waals surface area contributed by atoms with Crippen molar-refractivity contribution in [1.29, 1.82) is 0 Å². The number of anilines is 1. The topological polar surface area (TPSA) is 96.0 Å². The lowest BCUT2D eigenvalue weighted by Crippen LogP contribution is -2.52. The molecule has 3 rings (SSSR count). The molecule has 0 spiro atoms. The largest absolute Gasteiger partial charge is 0.495 e. The Bertz CT molecular complexity index is 1300. The van der Waals surface area contributed by atoms with E-state index in [-0.39, 0.29) is 23.0 Å². The fourth-order valence-electron chi connectivity index (χ4n) is 4.13. The number of benzene rings is 3. The summed E-state index contributed by atoms with van der Waals surface area (Å²) in [7, 11) is -2.70. The van der Waals surface area contributed by atoms with E-state index in [4.69, 9.17) is 4.74 Å². The minimum Gasteiger partial charge on any atom is -0.495 e. The van der Waals surface area contributed by atoms with Crippen molar-refractivity contribution in [2.45, 2.75) is 44.2 Å². The number of ether oxygens (including phenoxy) is 1. The van der Waals surface area contributed by atoms with Gasteiger partial charge in [0, 0.05) is 13.1 Å². The average molecular weight is 538 g/mol. The smallest absolute Gasteiger partial charge is 0.264 e. The summed E-state index contributed by atoms with van der Waals surface area (Å²) >= 11 is 0. The maximum Gasteiger partial charge on any atom is 0.264 e. The zero-order valence-corrected chi connectivity index (χ0v) is 22.9. The molecule has 0 radical (unpaired) electrons. The van der Waals surface area contributed by atoms with Crippen LogP contribution in [0.2, 0.25) is 0 Å². The zero-order chi connectivity index (χ0) is 27.5. The van der Waals surface area contributed by atoms with Crippen LogP contribution in [0, 0.1) is 0 Å². The molecule has 0 saturated heterocycles. The number of carbonyl (C=O) groups excluding carboxylic acids is 2. The molecule has 0 aliphatic carbocycles. The number of methoxy groups -OCH3 is 1. The molecule has 3 aromatic rings. The third-order valence-corrected chi connectivity index (χ3v) is 7.87. The molecule has 0 aliphatic heterocycles. The molecule has 1 N–H and O–H groups in total. The van der Waals surface area contributed by atoms with Gasteiger partial charge in [0.2, 0.25) is 11.8 Å². The van der Waals surface area contributed by atoms with Gasteiger partial charge in [0.15, 0.2) is 0 Å². The first kappa shape index (κ1) is 28.7. The first-order valence-electron chi connectivity index (χ1n) is 12.6. The molecule has 2 amide bonds. The Balaban J connectivity index is 2.06. The maximum atomic E-state index is 14.0. The molecule has 3 aromatic carbocycles. The van der Waals surface area contributed by atoms with Gasteiger partial charge in [0.25, 0.3) is 10.0 Å². The second kappa shape index (κ2) is 13.6. The number of sulfonamides is 1. The molecule has 0 aromatic heterocycles. The van der Waals surface area contributed by atoms with E-state index in [9.17, 15) is 18.0 Å². The average Bonchev–Trinajstić information content (AvgIpc) is 2.95. The zero-order valence-electron chi connectivity index (χ0n) is 22.0. The summed E-state index contributed by atoms with van der Waals surface area (Å²) in [6, 6.07) is 23.2. The fraction of sp³-hybridized carbons (Fsp3) is 0.310. The highest BCUT2D eigenvalue weighted by atomic mass is 32.2. The second-order valence-electron chi connectivity index (χ2n) is 8.72. The first-order valence-corrected chi connectivity index (χ1v) is 14.1. The van der Waals surface area contributed by atoms with E-state index in [0.29, 0.717) is 18.7 Å². The van der Waals surface area contributed by atoms with Crippen LogP contribution in [0.15, 0.2) is 89.8 Å². The summed E-state index contributed by atoms with van der Waals surface area (Å²) < 4.78 is 34.2. The highest BCUT2D eigenvalue weighted by molar-refractivity contribution is 7.92. The van der Waals surface area contributed by atoms with Crippen LogP contribution in [0.4, 0.5) is 5.69 Å². The third-order valence-electron chi connectivity index (χ3n) is 6.09. The molecule has 0 aliphatic rings. The summed E-state index contributed by atoms with van der Waals surface area (Å²) in [6.45, 7) is 3.91. The standard InChI is InChI=1S/C29H35N3O5S/c1-4-20-30-29(34)25(5-2)31(21-23-14-8-6-9-15-23)28(33)22-32(26-18-12-13-19-27(26)37-3)38(35,36)24-16-10-7-11-17-24/h6-19,25H,4-5,20-22H2,1-3H3,(H,30,34). The van der Waals surface area contributed by atoms with E-state index in [1.54, 1.807) is 42.5 Å². The molecular formula is C29H35N3O5S. The van der Waals surface area contributed by atoms with E-state index in [2.05, 4.69) is 5.32 Å². The normalized spacial score (nSPS) is 11.9. The van der Waals surface area contributed by atoms with Crippen molar-refractivity contribution >= 4 is 27.5 Å². The SMILES string of the molecule is CCCNC(=O)C(CC)N(Cc1ccccc1)C(=O)CN(c1ccccc1OC)S(=O)(=O)c1ccccc1. The molecule has 0 heterocycles. The van der Waals surface area contributed by atoms with Crippen LogP contribution >= 0.6 is 0 Å². The second-order valence-corrected chi connectivity index (χ2v) is 10.6. The first-order chi connectivity index (χ1) is 18.3. The Hall–Kier alpha value is -3.85. The summed E-state index contributed by atoms with van der Waals surface area (Å²) in [5.41, 5.74) is 1.06. The Kier molecular flexibility index (Phi) is 10.3. The number of para-hydroxylation sites is 2. The fourth-order valence-corrected chi connectivity index (χ4v) is 5.58.